The molecule has 0 aliphatic carbocycles. The predicted octanol–water partition coefficient (Wildman–Crippen LogP) is 4.35. The van der Waals surface area contributed by atoms with E-state index < -0.39 is 5.79 Å². The number of nitrogens with one attached hydrogen (secondary N) is 1. The number of hydrogen-bond donors (Lipinski definition) is 1. The minimum absolute atomic E-state index is 0.116. The fraction of sp³-hybridized carbons (Fsp3) is 0.700. The number of nitrogens with zero attached hydrogens (tertiary/aromatic N) is 1. The minimum atomic E-state index is -0.819. The van der Waals surface area contributed by atoms with Crippen LogP contribution in [0.2, 0.25) is 0 Å². The van der Waals surface area contributed by atoms with Gasteiger partial charge in [-0.3, -0.25) is 4.79 Å². The molecule has 1 rings (SSSR count). The van der Waals surface area contributed by atoms with E-state index in [9.17, 15) is 4.79 Å². The van der Waals surface area contributed by atoms with E-state index in [2.05, 4.69) is 57.3 Å². The third-order valence-electron chi connectivity index (χ3n) is 4.05. The lowest BCUT2D eigenvalue weighted by atomic mass is 9.89. The van der Waals surface area contributed by atoms with Crippen LogP contribution in [0.5, 0.6) is 0 Å². The van der Waals surface area contributed by atoms with Crippen molar-refractivity contribution in [3.8, 4) is 0 Å². The maximum atomic E-state index is 11.9. The number of carbonyl (C=O) groups is 1. The minimum Gasteiger partial charge on any atom is -0.347 e. The van der Waals surface area contributed by atoms with Crippen LogP contribution in [0.1, 0.15) is 67.2 Å². The van der Waals surface area contributed by atoms with Crippen molar-refractivity contribution in [3.05, 3.63) is 23.3 Å². The Kier molecular flexibility index (Phi) is 8.53. The molecule has 0 radical (unpaired) electrons. The fourth-order valence-electron chi connectivity index (χ4n) is 2.45. The van der Waals surface area contributed by atoms with Gasteiger partial charge >= 0.3 is 0 Å². The van der Waals surface area contributed by atoms with Crippen molar-refractivity contribution in [2.24, 2.45) is 10.5 Å². The van der Waals surface area contributed by atoms with Crippen LogP contribution in [0.4, 0.5) is 0 Å². The van der Waals surface area contributed by atoms with Crippen LogP contribution >= 0.6 is 0 Å². The van der Waals surface area contributed by atoms with Gasteiger partial charge in [-0.05, 0) is 47.0 Å². The molecule has 1 aliphatic heterocycles. The van der Waals surface area contributed by atoms with E-state index in [0.717, 1.165) is 19.3 Å². The Labute approximate surface area is 152 Å². The molecular formula is C20H34N2O3. The first-order valence-corrected chi connectivity index (χ1v) is 9.02. The molecule has 0 aromatic carbocycles. The number of hydrogen-bond acceptors (Lipinski definition) is 4. The summed E-state index contributed by atoms with van der Waals surface area (Å²) in [4.78, 5) is 11.9. The SMILES string of the molecule is CC(C)=CCCC(C)=CCC(C)(C)C=NNC(=O)CC1(C)OCCO1. The van der Waals surface area contributed by atoms with Crippen molar-refractivity contribution in [3.63, 3.8) is 0 Å². The molecule has 0 unspecified atom stereocenters. The summed E-state index contributed by atoms with van der Waals surface area (Å²) in [7, 11) is 0. The third-order valence-corrected chi connectivity index (χ3v) is 4.05. The predicted molar refractivity (Wildman–Crippen MR) is 102 cm³/mol. The van der Waals surface area contributed by atoms with Gasteiger partial charge in [0.05, 0.1) is 19.6 Å². The summed E-state index contributed by atoms with van der Waals surface area (Å²) in [6, 6.07) is 0. The second-order valence-corrected chi connectivity index (χ2v) is 7.86. The van der Waals surface area contributed by atoms with Gasteiger partial charge in [0.15, 0.2) is 5.79 Å². The first-order valence-electron chi connectivity index (χ1n) is 9.02. The van der Waals surface area contributed by atoms with Crippen LogP contribution in [0.25, 0.3) is 0 Å². The Morgan fingerprint density at radius 2 is 1.84 bits per heavy atom. The highest BCUT2D eigenvalue weighted by Gasteiger charge is 2.33. The second-order valence-electron chi connectivity index (χ2n) is 7.86. The zero-order valence-corrected chi connectivity index (χ0v) is 16.6. The van der Waals surface area contributed by atoms with Crippen molar-refractivity contribution in [2.45, 2.75) is 73.0 Å². The highest BCUT2D eigenvalue weighted by Crippen LogP contribution is 2.22. The topological polar surface area (TPSA) is 59.9 Å². The van der Waals surface area contributed by atoms with Crippen molar-refractivity contribution in [1.82, 2.24) is 5.43 Å². The molecule has 25 heavy (non-hydrogen) atoms. The molecule has 1 amide bonds. The summed E-state index contributed by atoms with van der Waals surface area (Å²) in [6.45, 7) is 13.4. The molecule has 0 saturated carbocycles. The zero-order valence-electron chi connectivity index (χ0n) is 16.6. The third kappa shape index (κ3) is 9.56. The Morgan fingerprint density at radius 3 is 2.44 bits per heavy atom. The summed E-state index contributed by atoms with van der Waals surface area (Å²) in [5.41, 5.74) is 5.19. The molecule has 0 aromatic rings. The van der Waals surface area contributed by atoms with Crippen LogP contribution in [-0.4, -0.2) is 31.1 Å². The summed E-state index contributed by atoms with van der Waals surface area (Å²) in [5, 5.41) is 4.11. The second kappa shape index (κ2) is 9.88. The van der Waals surface area contributed by atoms with Crippen LogP contribution in [0.3, 0.4) is 0 Å². The van der Waals surface area contributed by atoms with Gasteiger partial charge in [-0.25, -0.2) is 5.43 Å². The van der Waals surface area contributed by atoms with Crippen molar-refractivity contribution in [2.75, 3.05) is 13.2 Å². The number of amides is 1. The maximum absolute atomic E-state index is 11.9. The number of rotatable bonds is 9. The largest absolute Gasteiger partial charge is 0.347 e. The van der Waals surface area contributed by atoms with Crippen molar-refractivity contribution >= 4 is 12.1 Å². The van der Waals surface area contributed by atoms with E-state index in [-0.39, 0.29) is 17.7 Å². The van der Waals surface area contributed by atoms with Gasteiger partial charge in [0.2, 0.25) is 5.91 Å². The molecule has 1 saturated heterocycles. The van der Waals surface area contributed by atoms with E-state index in [1.807, 2.05) is 0 Å². The molecule has 0 spiro atoms. The monoisotopic (exact) mass is 350 g/mol. The normalized spacial score (nSPS) is 17.8. The van der Waals surface area contributed by atoms with Crippen LogP contribution in [0, 0.1) is 5.41 Å². The van der Waals surface area contributed by atoms with Crippen molar-refractivity contribution in [1.29, 1.82) is 0 Å². The number of ether oxygens (including phenoxy) is 2. The van der Waals surface area contributed by atoms with Gasteiger partial charge in [0, 0.05) is 11.6 Å². The molecule has 142 valence electrons. The molecule has 0 bridgehead atoms. The lowest BCUT2D eigenvalue weighted by Crippen LogP contribution is -2.33. The average molecular weight is 351 g/mol. The van der Waals surface area contributed by atoms with Gasteiger partial charge in [0.25, 0.3) is 0 Å². The lowest BCUT2D eigenvalue weighted by molar-refractivity contribution is -0.159. The Morgan fingerprint density at radius 1 is 1.20 bits per heavy atom. The number of hydrazone groups is 1. The first kappa shape index (κ1) is 21.6. The highest BCUT2D eigenvalue weighted by molar-refractivity contribution is 5.78. The molecule has 1 aliphatic rings. The molecule has 0 aromatic heterocycles. The summed E-state index contributed by atoms with van der Waals surface area (Å²) in [6.07, 6.45) is 9.51. The van der Waals surface area contributed by atoms with Gasteiger partial charge in [-0.1, -0.05) is 37.1 Å². The molecule has 1 heterocycles. The first-order chi connectivity index (χ1) is 11.6. The highest BCUT2D eigenvalue weighted by atomic mass is 16.7. The summed E-state index contributed by atoms with van der Waals surface area (Å²) < 4.78 is 10.8. The molecular weight excluding hydrogens is 316 g/mol. The molecule has 5 heteroatoms. The Bertz CT molecular complexity index is 523. The zero-order chi connectivity index (χ0) is 18.9. The summed E-state index contributed by atoms with van der Waals surface area (Å²) in [5.74, 6) is -1.02. The smallest absolute Gasteiger partial charge is 0.245 e. The van der Waals surface area contributed by atoms with E-state index in [1.165, 1.54) is 11.1 Å². The quantitative estimate of drug-likeness (QED) is 0.382. The number of allylic oxidation sites excluding steroid dienone is 4. The standard InChI is InChI=1S/C20H34N2O3/c1-16(2)8-7-9-17(3)10-11-19(4,5)15-21-22-18(23)14-20(6)24-12-13-25-20/h8,10,15H,7,9,11-14H2,1-6H3,(H,22,23). The number of carbonyl (C=O) groups excluding carboxylic acids is 1. The molecule has 1 fully saturated rings. The van der Waals surface area contributed by atoms with E-state index in [0.29, 0.717) is 13.2 Å². The molecule has 1 N–H and O–H groups in total. The van der Waals surface area contributed by atoms with Crippen LogP contribution in [-0.2, 0) is 14.3 Å². The molecule has 5 nitrogen and oxygen atoms in total. The van der Waals surface area contributed by atoms with Gasteiger partial charge in [0.1, 0.15) is 0 Å². The van der Waals surface area contributed by atoms with E-state index in [4.69, 9.17) is 9.47 Å². The lowest BCUT2D eigenvalue weighted by Gasteiger charge is -2.21. The van der Waals surface area contributed by atoms with Gasteiger partial charge in [-0.2, -0.15) is 5.10 Å². The fourth-order valence-corrected chi connectivity index (χ4v) is 2.45. The van der Waals surface area contributed by atoms with Gasteiger partial charge < -0.3 is 9.47 Å². The Balaban J connectivity index is 2.38. The Hall–Kier alpha value is -1.46. The average Bonchev–Trinajstić information content (AvgIpc) is 2.91. The molecule has 0 atom stereocenters. The van der Waals surface area contributed by atoms with E-state index >= 15 is 0 Å². The van der Waals surface area contributed by atoms with E-state index in [1.54, 1.807) is 13.1 Å². The summed E-state index contributed by atoms with van der Waals surface area (Å²) >= 11 is 0. The van der Waals surface area contributed by atoms with Crippen LogP contribution < -0.4 is 5.43 Å². The van der Waals surface area contributed by atoms with Gasteiger partial charge in [-0.15, -0.1) is 0 Å². The van der Waals surface area contributed by atoms with Crippen LogP contribution in [0.15, 0.2) is 28.4 Å². The van der Waals surface area contributed by atoms with Crippen molar-refractivity contribution < 1.29 is 14.3 Å². The maximum Gasteiger partial charge on any atom is 0.245 e.